The maximum atomic E-state index is 13.9. The second-order valence-corrected chi connectivity index (χ2v) is 5.20. The minimum Gasteiger partial charge on any atom is -0.367 e. The van der Waals surface area contributed by atoms with Crippen LogP contribution >= 0.6 is 0 Å². The molecule has 7 heteroatoms. The molecule has 2 N–H and O–H groups in total. The van der Waals surface area contributed by atoms with Crippen molar-refractivity contribution < 1.29 is 8.78 Å². The molecule has 0 saturated carbocycles. The molecule has 0 atom stereocenters. The van der Waals surface area contributed by atoms with Gasteiger partial charge in [0, 0.05) is 17.8 Å². The van der Waals surface area contributed by atoms with Crippen molar-refractivity contribution in [1.29, 1.82) is 0 Å². The van der Waals surface area contributed by atoms with E-state index in [4.69, 9.17) is 5.73 Å². The number of hydrogen-bond donors (Lipinski definition) is 1. The van der Waals surface area contributed by atoms with Crippen LogP contribution in [0.1, 0.15) is 19.4 Å². The van der Waals surface area contributed by atoms with E-state index >= 15 is 0 Å². The van der Waals surface area contributed by atoms with E-state index in [0.29, 0.717) is 17.0 Å². The number of hydrogen-bond acceptors (Lipinski definition) is 4. The number of pyridine rings is 1. The largest absolute Gasteiger partial charge is 0.367 e. The van der Waals surface area contributed by atoms with Crippen LogP contribution < -0.4 is 5.73 Å². The van der Waals surface area contributed by atoms with E-state index in [1.54, 1.807) is 12.1 Å². The average Bonchev–Trinajstić information content (AvgIpc) is 2.75. The fourth-order valence-electron chi connectivity index (χ4n) is 2.05. The van der Waals surface area contributed by atoms with E-state index in [9.17, 15) is 8.78 Å². The molecule has 0 saturated heterocycles. The third kappa shape index (κ3) is 2.31. The van der Waals surface area contributed by atoms with Crippen LogP contribution in [-0.4, -0.2) is 19.6 Å². The van der Waals surface area contributed by atoms with Crippen molar-refractivity contribution in [1.82, 2.24) is 19.6 Å². The summed E-state index contributed by atoms with van der Waals surface area (Å²) in [5.41, 5.74) is 5.60. The zero-order valence-electron chi connectivity index (χ0n) is 11.5. The topological polar surface area (TPSA) is 69.1 Å². The third-order valence-corrected chi connectivity index (χ3v) is 3.20. The Bertz CT molecular complexity index is 803. The first-order valence-electron chi connectivity index (χ1n) is 6.32. The number of halogens is 2. The summed E-state index contributed by atoms with van der Waals surface area (Å²) in [7, 11) is 0. The summed E-state index contributed by atoms with van der Waals surface area (Å²) in [6.07, 6.45) is 2.73. The molecule has 108 valence electrons. The van der Waals surface area contributed by atoms with Crippen LogP contribution in [0.25, 0.3) is 16.9 Å². The van der Waals surface area contributed by atoms with Gasteiger partial charge in [-0.3, -0.25) is 4.98 Å². The van der Waals surface area contributed by atoms with Gasteiger partial charge in [-0.25, -0.2) is 18.3 Å². The predicted molar refractivity (Wildman–Crippen MR) is 74.7 cm³/mol. The van der Waals surface area contributed by atoms with E-state index in [2.05, 4.69) is 15.1 Å². The van der Waals surface area contributed by atoms with Crippen LogP contribution in [0.3, 0.4) is 0 Å². The molecular formula is C14H13F2N5. The Balaban J connectivity index is 2.14. The summed E-state index contributed by atoms with van der Waals surface area (Å²) >= 11 is 0. The smallest absolute Gasteiger partial charge is 0.238 e. The van der Waals surface area contributed by atoms with Crippen molar-refractivity contribution >= 4 is 11.5 Å². The highest BCUT2D eigenvalue weighted by molar-refractivity contribution is 5.64. The predicted octanol–water partition coefficient (Wildman–Crippen LogP) is 2.72. The molecular weight excluding hydrogens is 276 g/mol. The number of alkyl halides is 1. The first-order chi connectivity index (χ1) is 9.86. The number of anilines is 1. The van der Waals surface area contributed by atoms with Crippen molar-refractivity contribution in [2.24, 2.45) is 0 Å². The lowest BCUT2D eigenvalue weighted by Crippen LogP contribution is -2.09. The summed E-state index contributed by atoms with van der Waals surface area (Å²) < 4.78 is 29.0. The highest BCUT2D eigenvalue weighted by Crippen LogP contribution is 2.27. The SMILES string of the molecule is CC(C)(F)c1ccc(-c2cc(F)c3cnc(N)nn23)nc1. The Labute approximate surface area is 119 Å². The monoisotopic (exact) mass is 289 g/mol. The maximum absolute atomic E-state index is 13.9. The van der Waals surface area contributed by atoms with Crippen molar-refractivity contribution in [3.8, 4) is 11.4 Å². The van der Waals surface area contributed by atoms with Gasteiger partial charge < -0.3 is 5.73 Å². The van der Waals surface area contributed by atoms with E-state index in [-0.39, 0.29) is 11.5 Å². The zero-order valence-corrected chi connectivity index (χ0v) is 11.5. The van der Waals surface area contributed by atoms with Crippen molar-refractivity contribution in [3.05, 3.63) is 42.0 Å². The van der Waals surface area contributed by atoms with E-state index in [1.807, 2.05) is 0 Å². The Kier molecular flexibility index (Phi) is 2.86. The standard InChI is InChI=1S/C14H13F2N5/c1-14(2,16)8-3-4-10(18-6-8)11-5-9(15)12-7-19-13(17)20-21(11)12/h3-7H,1-2H3,(H2,17,20). The highest BCUT2D eigenvalue weighted by atomic mass is 19.1. The molecule has 3 heterocycles. The number of fused-ring (bicyclic) bond motifs is 1. The fraction of sp³-hybridized carbons (Fsp3) is 0.214. The van der Waals surface area contributed by atoms with Crippen molar-refractivity contribution in [2.45, 2.75) is 19.5 Å². The zero-order chi connectivity index (χ0) is 15.2. The van der Waals surface area contributed by atoms with Gasteiger partial charge in [0.05, 0.1) is 17.6 Å². The van der Waals surface area contributed by atoms with Gasteiger partial charge in [0.25, 0.3) is 0 Å². The van der Waals surface area contributed by atoms with Crippen LogP contribution in [0.2, 0.25) is 0 Å². The second kappa shape index (κ2) is 4.47. The molecule has 0 fully saturated rings. The molecule has 0 unspecified atom stereocenters. The molecule has 0 aliphatic carbocycles. The molecule has 0 spiro atoms. The van der Waals surface area contributed by atoms with Gasteiger partial charge in [-0.05, 0) is 19.9 Å². The van der Waals surface area contributed by atoms with Gasteiger partial charge in [0.15, 0.2) is 5.82 Å². The van der Waals surface area contributed by atoms with Crippen LogP contribution in [0.5, 0.6) is 0 Å². The lowest BCUT2D eigenvalue weighted by Gasteiger charge is -2.14. The number of nitrogen functional groups attached to an aromatic ring is 1. The molecule has 0 amide bonds. The van der Waals surface area contributed by atoms with E-state index in [1.165, 1.54) is 36.8 Å². The summed E-state index contributed by atoms with van der Waals surface area (Å²) in [5, 5.41) is 3.97. The van der Waals surface area contributed by atoms with Gasteiger partial charge in [-0.1, -0.05) is 6.07 Å². The second-order valence-electron chi connectivity index (χ2n) is 5.20. The van der Waals surface area contributed by atoms with Gasteiger partial charge in [0.1, 0.15) is 11.2 Å². The Morgan fingerprint density at radius 3 is 2.57 bits per heavy atom. The van der Waals surface area contributed by atoms with Crippen LogP contribution in [0, 0.1) is 5.82 Å². The number of nitrogens with two attached hydrogens (primary N) is 1. The van der Waals surface area contributed by atoms with Gasteiger partial charge >= 0.3 is 0 Å². The highest BCUT2D eigenvalue weighted by Gasteiger charge is 2.20. The van der Waals surface area contributed by atoms with Gasteiger partial charge in [-0.15, -0.1) is 5.10 Å². The minimum absolute atomic E-state index is 0.0286. The van der Waals surface area contributed by atoms with Crippen LogP contribution in [0.4, 0.5) is 14.7 Å². The molecule has 0 aromatic carbocycles. The quantitative estimate of drug-likeness (QED) is 0.787. The average molecular weight is 289 g/mol. The van der Waals surface area contributed by atoms with E-state index in [0.717, 1.165) is 0 Å². The Morgan fingerprint density at radius 2 is 1.95 bits per heavy atom. The van der Waals surface area contributed by atoms with Gasteiger partial charge in [-0.2, -0.15) is 0 Å². The van der Waals surface area contributed by atoms with Crippen molar-refractivity contribution in [3.63, 3.8) is 0 Å². The normalized spacial score (nSPS) is 12.0. The fourth-order valence-corrected chi connectivity index (χ4v) is 2.05. The molecule has 3 aromatic heterocycles. The lowest BCUT2D eigenvalue weighted by atomic mass is 10.0. The van der Waals surface area contributed by atoms with Crippen molar-refractivity contribution in [2.75, 3.05) is 5.73 Å². The minimum atomic E-state index is -1.48. The maximum Gasteiger partial charge on any atom is 0.238 e. The third-order valence-electron chi connectivity index (χ3n) is 3.20. The molecule has 0 bridgehead atoms. The first kappa shape index (κ1) is 13.4. The Hall–Kier alpha value is -2.57. The molecule has 3 aromatic rings. The number of nitrogens with zero attached hydrogens (tertiary/aromatic N) is 4. The summed E-state index contributed by atoms with van der Waals surface area (Å²) in [5.74, 6) is -0.442. The number of rotatable bonds is 2. The van der Waals surface area contributed by atoms with Gasteiger partial charge in [0.2, 0.25) is 5.95 Å². The van der Waals surface area contributed by atoms with Crippen LogP contribution in [-0.2, 0) is 5.67 Å². The molecule has 0 aliphatic heterocycles. The molecule has 0 radical (unpaired) electrons. The Morgan fingerprint density at radius 1 is 1.19 bits per heavy atom. The van der Waals surface area contributed by atoms with E-state index < -0.39 is 11.5 Å². The van der Waals surface area contributed by atoms with Crippen LogP contribution in [0.15, 0.2) is 30.6 Å². The first-order valence-corrected chi connectivity index (χ1v) is 6.32. The molecule has 0 aliphatic rings. The summed E-state index contributed by atoms with van der Waals surface area (Å²) in [4.78, 5) is 7.94. The molecule has 21 heavy (non-hydrogen) atoms. The number of aromatic nitrogens is 4. The summed E-state index contributed by atoms with van der Waals surface area (Å²) in [6.45, 7) is 2.90. The molecule has 5 nitrogen and oxygen atoms in total. The molecule has 3 rings (SSSR count). The lowest BCUT2D eigenvalue weighted by molar-refractivity contribution is 0.221. The summed E-state index contributed by atoms with van der Waals surface area (Å²) in [6, 6.07) is 4.53.